The number of thioether (sulfide) groups is 1. The van der Waals surface area contributed by atoms with Crippen LogP contribution in [0.3, 0.4) is 0 Å². The second kappa shape index (κ2) is 4.18. The molecule has 1 amide bonds. The van der Waals surface area contributed by atoms with Crippen molar-refractivity contribution >= 4 is 23.4 Å². The number of rotatable bonds is 3. The van der Waals surface area contributed by atoms with Crippen LogP contribution in [0.5, 0.6) is 0 Å². The van der Waals surface area contributed by atoms with Gasteiger partial charge in [0.2, 0.25) is 5.91 Å². The molecule has 1 aliphatic rings. The molecule has 1 fully saturated rings. The van der Waals surface area contributed by atoms with Crippen LogP contribution in [0.2, 0.25) is 0 Å². The van der Waals surface area contributed by atoms with E-state index in [4.69, 9.17) is 5.26 Å². The first kappa shape index (κ1) is 11.0. The van der Waals surface area contributed by atoms with Crippen LogP contribution in [0, 0.1) is 16.7 Å². The van der Waals surface area contributed by atoms with E-state index in [1.54, 1.807) is 11.8 Å². The summed E-state index contributed by atoms with van der Waals surface area (Å²) in [6.07, 6.45) is 3.32. The first-order valence-corrected chi connectivity index (χ1v) is 6.30. The molecule has 3 nitrogen and oxygen atoms in total. The highest BCUT2D eigenvalue weighted by Gasteiger charge is 2.50. The molecule has 0 unspecified atom stereocenters. The van der Waals surface area contributed by atoms with E-state index < -0.39 is 5.41 Å². The van der Waals surface area contributed by atoms with Gasteiger partial charge >= 0.3 is 0 Å². The molecule has 16 heavy (non-hydrogen) atoms. The van der Waals surface area contributed by atoms with Crippen molar-refractivity contribution in [1.29, 1.82) is 5.26 Å². The molecule has 0 heterocycles. The zero-order valence-corrected chi connectivity index (χ0v) is 9.80. The minimum Gasteiger partial charge on any atom is -0.324 e. The highest BCUT2D eigenvalue weighted by molar-refractivity contribution is 7.98. The van der Waals surface area contributed by atoms with E-state index in [2.05, 4.69) is 11.4 Å². The normalized spacial score (nSPS) is 16.2. The summed E-state index contributed by atoms with van der Waals surface area (Å²) in [6.45, 7) is 0. The van der Waals surface area contributed by atoms with Crippen LogP contribution < -0.4 is 5.32 Å². The van der Waals surface area contributed by atoms with Crippen LogP contribution >= 0.6 is 11.8 Å². The summed E-state index contributed by atoms with van der Waals surface area (Å²) >= 11 is 1.58. The Morgan fingerprint density at radius 2 is 2.19 bits per heavy atom. The summed E-state index contributed by atoms with van der Waals surface area (Å²) in [5, 5.41) is 11.7. The Labute approximate surface area is 98.8 Å². The van der Waals surface area contributed by atoms with Crippen molar-refractivity contribution in [1.82, 2.24) is 0 Å². The molecule has 0 aromatic heterocycles. The first-order valence-electron chi connectivity index (χ1n) is 5.07. The SMILES string of the molecule is CSc1ccccc1NC(=O)C1(C#N)CC1. The topological polar surface area (TPSA) is 52.9 Å². The average molecular weight is 232 g/mol. The Morgan fingerprint density at radius 3 is 2.75 bits per heavy atom. The number of anilines is 1. The van der Waals surface area contributed by atoms with E-state index in [0.717, 1.165) is 10.6 Å². The predicted octanol–water partition coefficient (Wildman–Crippen LogP) is 2.65. The molecule has 1 N–H and O–H groups in total. The smallest absolute Gasteiger partial charge is 0.244 e. The summed E-state index contributed by atoms with van der Waals surface area (Å²) < 4.78 is 0. The fourth-order valence-electron chi connectivity index (χ4n) is 1.50. The number of nitrogens with zero attached hydrogens (tertiary/aromatic N) is 1. The Kier molecular flexibility index (Phi) is 2.88. The number of benzene rings is 1. The minimum absolute atomic E-state index is 0.170. The van der Waals surface area contributed by atoms with Gasteiger partial charge in [-0.1, -0.05) is 12.1 Å². The number of carbonyl (C=O) groups is 1. The number of amides is 1. The van der Waals surface area contributed by atoms with Crippen LogP contribution in [0.1, 0.15) is 12.8 Å². The van der Waals surface area contributed by atoms with Crippen LogP contribution in [-0.4, -0.2) is 12.2 Å². The molecule has 0 spiro atoms. The second-order valence-corrected chi connectivity index (χ2v) is 4.70. The first-order chi connectivity index (χ1) is 7.72. The quantitative estimate of drug-likeness (QED) is 0.815. The Bertz CT molecular complexity index is 460. The van der Waals surface area contributed by atoms with Gasteiger partial charge in [-0.05, 0) is 31.2 Å². The maximum absolute atomic E-state index is 11.9. The molecule has 1 aromatic carbocycles. The Balaban J connectivity index is 2.16. The van der Waals surface area contributed by atoms with E-state index in [-0.39, 0.29) is 5.91 Å². The molecule has 1 saturated carbocycles. The molecule has 4 heteroatoms. The summed E-state index contributed by atoms with van der Waals surface area (Å²) in [5.74, 6) is -0.170. The molecule has 0 atom stereocenters. The molecule has 1 aliphatic carbocycles. The van der Waals surface area contributed by atoms with Crippen molar-refractivity contribution in [2.24, 2.45) is 5.41 Å². The predicted molar refractivity (Wildman–Crippen MR) is 64.1 cm³/mol. The van der Waals surface area contributed by atoms with Crippen LogP contribution in [0.4, 0.5) is 5.69 Å². The van der Waals surface area contributed by atoms with E-state index in [9.17, 15) is 4.79 Å². The number of carbonyl (C=O) groups excluding carboxylic acids is 1. The maximum Gasteiger partial charge on any atom is 0.244 e. The fourth-order valence-corrected chi connectivity index (χ4v) is 2.06. The summed E-state index contributed by atoms with van der Waals surface area (Å²) in [6, 6.07) is 9.71. The lowest BCUT2D eigenvalue weighted by atomic mass is 10.1. The van der Waals surface area contributed by atoms with Gasteiger partial charge in [0.05, 0.1) is 11.8 Å². The van der Waals surface area contributed by atoms with Crippen molar-refractivity contribution in [2.75, 3.05) is 11.6 Å². The zero-order chi connectivity index (χ0) is 11.6. The molecule has 0 aliphatic heterocycles. The number of para-hydroxylation sites is 1. The highest BCUT2D eigenvalue weighted by Crippen LogP contribution is 2.46. The third kappa shape index (κ3) is 1.91. The highest BCUT2D eigenvalue weighted by atomic mass is 32.2. The third-order valence-corrected chi connectivity index (χ3v) is 3.55. The van der Waals surface area contributed by atoms with Crippen LogP contribution in [0.15, 0.2) is 29.2 Å². The number of hydrogen-bond donors (Lipinski definition) is 1. The standard InChI is InChI=1S/C12H12N2OS/c1-16-10-5-3-2-4-9(10)14-11(15)12(8-13)6-7-12/h2-5H,6-7H2,1H3,(H,14,15). The van der Waals surface area contributed by atoms with Gasteiger partial charge in [-0.3, -0.25) is 4.79 Å². The van der Waals surface area contributed by atoms with Crippen molar-refractivity contribution in [3.8, 4) is 6.07 Å². The van der Waals surface area contributed by atoms with Crippen molar-refractivity contribution in [3.63, 3.8) is 0 Å². The number of hydrogen-bond acceptors (Lipinski definition) is 3. The zero-order valence-electron chi connectivity index (χ0n) is 8.99. The Morgan fingerprint density at radius 1 is 1.50 bits per heavy atom. The number of nitriles is 1. The van der Waals surface area contributed by atoms with E-state index in [1.165, 1.54) is 0 Å². The molecule has 0 saturated heterocycles. The average Bonchev–Trinajstić information content (AvgIpc) is 3.10. The van der Waals surface area contributed by atoms with Gasteiger partial charge < -0.3 is 5.32 Å². The largest absolute Gasteiger partial charge is 0.324 e. The third-order valence-electron chi connectivity index (χ3n) is 2.75. The van der Waals surface area contributed by atoms with Crippen molar-refractivity contribution in [3.05, 3.63) is 24.3 Å². The van der Waals surface area contributed by atoms with Gasteiger partial charge in [-0.25, -0.2) is 0 Å². The maximum atomic E-state index is 11.9. The molecule has 82 valence electrons. The minimum atomic E-state index is -0.758. The van der Waals surface area contributed by atoms with Crippen molar-refractivity contribution in [2.45, 2.75) is 17.7 Å². The lowest BCUT2D eigenvalue weighted by Crippen LogP contribution is -2.22. The second-order valence-electron chi connectivity index (χ2n) is 3.85. The molecule has 1 aromatic rings. The summed E-state index contributed by atoms with van der Waals surface area (Å²) in [4.78, 5) is 12.9. The van der Waals surface area contributed by atoms with Gasteiger partial charge in [0, 0.05) is 4.90 Å². The molecule has 0 radical (unpaired) electrons. The van der Waals surface area contributed by atoms with Crippen LogP contribution in [0.25, 0.3) is 0 Å². The summed E-state index contributed by atoms with van der Waals surface area (Å²) in [7, 11) is 0. The van der Waals surface area contributed by atoms with Gasteiger partial charge in [-0.2, -0.15) is 5.26 Å². The van der Waals surface area contributed by atoms with Crippen LogP contribution in [-0.2, 0) is 4.79 Å². The van der Waals surface area contributed by atoms with Crippen molar-refractivity contribution < 1.29 is 4.79 Å². The monoisotopic (exact) mass is 232 g/mol. The van der Waals surface area contributed by atoms with E-state index in [1.807, 2.05) is 30.5 Å². The van der Waals surface area contributed by atoms with E-state index >= 15 is 0 Å². The van der Waals surface area contributed by atoms with Gasteiger partial charge in [0.15, 0.2) is 0 Å². The van der Waals surface area contributed by atoms with E-state index in [0.29, 0.717) is 12.8 Å². The summed E-state index contributed by atoms with van der Waals surface area (Å²) in [5.41, 5.74) is 0.0347. The van der Waals surface area contributed by atoms with Gasteiger partial charge in [0.1, 0.15) is 5.41 Å². The molecule has 2 rings (SSSR count). The molecular weight excluding hydrogens is 220 g/mol. The fraction of sp³-hybridized carbons (Fsp3) is 0.333. The molecule has 0 bridgehead atoms. The lowest BCUT2D eigenvalue weighted by Gasteiger charge is -2.11. The molecular formula is C12H12N2OS. The lowest BCUT2D eigenvalue weighted by molar-refractivity contribution is -0.119. The van der Waals surface area contributed by atoms with Gasteiger partial charge in [-0.15, -0.1) is 11.8 Å². The number of nitrogens with one attached hydrogen (secondary N) is 1. The van der Waals surface area contributed by atoms with Gasteiger partial charge in [0.25, 0.3) is 0 Å². The Hall–Kier alpha value is -1.47.